The average molecular weight is 453 g/mol. The third-order valence-electron chi connectivity index (χ3n) is 5.11. The topological polar surface area (TPSA) is 112 Å². The highest BCUT2D eigenvalue weighted by Crippen LogP contribution is 2.36. The Bertz CT molecular complexity index is 1320. The molecule has 4 aromatic rings. The van der Waals surface area contributed by atoms with Gasteiger partial charge in [0, 0.05) is 23.5 Å². The Hall–Kier alpha value is -4.15. The van der Waals surface area contributed by atoms with Gasteiger partial charge in [-0.3, -0.25) is 0 Å². The predicted octanol–water partition coefficient (Wildman–Crippen LogP) is 3.94. The number of benzene rings is 1. The first-order valence-electron chi connectivity index (χ1n) is 10.1. The Morgan fingerprint density at radius 2 is 1.94 bits per heavy atom. The number of aromatic carboxylic acids is 1. The molecule has 0 radical (unpaired) electrons. The molecule has 0 amide bonds. The van der Waals surface area contributed by atoms with Crippen LogP contribution in [-0.4, -0.2) is 48.9 Å². The van der Waals surface area contributed by atoms with E-state index in [1.54, 1.807) is 30.5 Å². The molecule has 1 aliphatic carbocycles. The summed E-state index contributed by atoms with van der Waals surface area (Å²) >= 11 is 0. The number of pyridine rings is 1. The number of aromatic nitrogens is 5. The van der Waals surface area contributed by atoms with Gasteiger partial charge in [0.2, 0.25) is 0 Å². The summed E-state index contributed by atoms with van der Waals surface area (Å²) in [4.78, 5) is 23.5. The summed E-state index contributed by atoms with van der Waals surface area (Å²) in [5.41, 5.74) is 1.68. The first-order chi connectivity index (χ1) is 16.0. The zero-order valence-corrected chi connectivity index (χ0v) is 17.1. The van der Waals surface area contributed by atoms with E-state index in [1.165, 1.54) is 22.8 Å². The Balaban J connectivity index is 1.52. The first-order valence-corrected chi connectivity index (χ1v) is 10.1. The van der Waals surface area contributed by atoms with Gasteiger partial charge in [-0.1, -0.05) is 0 Å². The molecule has 0 bridgehead atoms. The molecule has 11 heteroatoms. The average Bonchev–Trinajstić information content (AvgIpc) is 3.53. The van der Waals surface area contributed by atoms with Crippen LogP contribution >= 0.6 is 0 Å². The molecule has 9 nitrogen and oxygen atoms in total. The smallest absolute Gasteiger partial charge is 0.387 e. The Morgan fingerprint density at radius 1 is 1.12 bits per heavy atom. The number of carboxylic acids is 1. The van der Waals surface area contributed by atoms with Gasteiger partial charge in [0.25, 0.3) is 5.78 Å². The summed E-state index contributed by atoms with van der Waals surface area (Å²) in [5.74, 6) is 0.0922. The first kappa shape index (κ1) is 20.7. The van der Waals surface area contributed by atoms with E-state index in [2.05, 4.69) is 24.8 Å². The molecule has 5 rings (SSSR count). The van der Waals surface area contributed by atoms with Gasteiger partial charge in [0.1, 0.15) is 5.69 Å². The lowest BCUT2D eigenvalue weighted by atomic mass is 10.1. The highest BCUT2D eigenvalue weighted by Gasteiger charge is 2.23. The zero-order valence-electron chi connectivity index (χ0n) is 17.1. The molecule has 1 aromatic carbocycles. The van der Waals surface area contributed by atoms with Crippen LogP contribution in [-0.2, 0) is 0 Å². The lowest BCUT2D eigenvalue weighted by Crippen LogP contribution is -2.06. The van der Waals surface area contributed by atoms with E-state index in [-0.39, 0.29) is 17.2 Å². The van der Waals surface area contributed by atoms with Crippen molar-refractivity contribution >= 4 is 11.7 Å². The van der Waals surface area contributed by atoms with E-state index in [1.807, 2.05) is 0 Å². The lowest BCUT2D eigenvalue weighted by molar-refractivity contribution is -0.0515. The van der Waals surface area contributed by atoms with Gasteiger partial charge in [-0.2, -0.15) is 18.3 Å². The standard InChI is InChI=1S/C22H17F2N5O4/c23-21(24)33-17-6-4-13(9-18(17)32-11-12-1-2-12)16-7-8-25-22-27-19(28-29(16)22)14-3-5-15(20(30)31)26-10-14/h3-10,12,21H,1-2,11H2,(H,30,31). The minimum absolute atomic E-state index is 0.0384. The number of carboxylic acid groups (broad SMARTS) is 1. The van der Waals surface area contributed by atoms with Crippen molar-refractivity contribution in [3.63, 3.8) is 0 Å². The molecule has 0 aliphatic heterocycles. The zero-order chi connectivity index (χ0) is 22.9. The Labute approximate surface area is 185 Å². The van der Waals surface area contributed by atoms with Crippen LogP contribution in [0, 0.1) is 5.92 Å². The number of fused-ring (bicyclic) bond motifs is 1. The maximum atomic E-state index is 12.8. The molecule has 1 saturated carbocycles. The largest absolute Gasteiger partial charge is 0.489 e. The maximum Gasteiger partial charge on any atom is 0.387 e. The minimum Gasteiger partial charge on any atom is -0.489 e. The van der Waals surface area contributed by atoms with Gasteiger partial charge in [0.15, 0.2) is 17.3 Å². The maximum absolute atomic E-state index is 12.8. The van der Waals surface area contributed by atoms with Crippen LogP contribution < -0.4 is 9.47 Å². The molecule has 33 heavy (non-hydrogen) atoms. The summed E-state index contributed by atoms with van der Waals surface area (Å²) in [6, 6.07) is 9.32. The quantitative estimate of drug-likeness (QED) is 0.427. The van der Waals surface area contributed by atoms with Crippen LogP contribution in [0.2, 0.25) is 0 Å². The third kappa shape index (κ3) is 4.43. The Kier molecular flexibility index (Phi) is 5.29. The molecule has 0 spiro atoms. The van der Waals surface area contributed by atoms with Gasteiger partial charge >= 0.3 is 12.6 Å². The fraction of sp³-hybridized carbons (Fsp3) is 0.227. The van der Waals surface area contributed by atoms with E-state index in [0.29, 0.717) is 40.9 Å². The second-order valence-electron chi connectivity index (χ2n) is 7.51. The minimum atomic E-state index is -2.97. The monoisotopic (exact) mass is 453 g/mol. The lowest BCUT2D eigenvalue weighted by Gasteiger charge is -2.14. The Morgan fingerprint density at radius 3 is 2.64 bits per heavy atom. The molecule has 0 unspecified atom stereocenters. The number of hydrogen-bond donors (Lipinski definition) is 1. The SMILES string of the molecule is O=C(O)c1ccc(-c2nc3nccc(-c4ccc(OC(F)F)c(OCC5CC5)c4)n3n2)cn1. The summed E-state index contributed by atoms with van der Waals surface area (Å²) in [5, 5.41) is 13.5. The number of ether oxygens (including phenoxy) is 2. The summed E-state index contributed by atoms with van der Waals surface area (Å²) < 4.78 is 37.5. The molecule has 0 saturated heterocycles. The van der Waals surface area contributed by atoms with Crippen molar-refractivity contribution in [2.45, 2.75) is 19.5 Å². The van der Waals surface area contributed by atoms with E-state index in [9.17, 15) is 13.6 Å². The summed E-state index contributed by atoms with van der Waals surface area (Å²) in [6.07, 6.45) is 5.04. The third-order valence-corrected chi connectivity index (χ3v) is 5.11. The van der Waals surface area contributed by atoms with Crippen LogP contribution in [0.1, 0.15) is 23.3 Å². The highest BCUT2D eigenvalue weighted by molar-refractivity contribution is 5.85. The van der Waals surface area contributed by atoms with Crippen LogP contribution in [0.4, 0.5) is 8.78 Å². The van der Waals surface area contributed by atoms with Crippen molar-refractivity contribution in [1.82, 2.24) is 24.6 Å². The summed E-state index contributed by atoms with van der Waals surface area (Å²) in [7, 11) is 0. The van der Waals surface area contributed by atoms with Crippen LogP contribution in [0.3, 0.4) is 0 Å². The van der Waals surface area contributed by atoms with Crippen molar-refractivity contribution in [2.24, 2.45) is 5.92 Å². The molecule has 1 fully saturated rings. The predicted molar refractivity (Wildman–Crippen MR) is 111 cm³/mol. The number of carbonyl (C=O) groups is 1. The molecular formula is C22H17F2N5O4. The molecule has 1 aliphatic rings. The van der Waals surface area contributed by atoms with Gasteiger partial charge in [-0.15, -0.1) is 5.10 Å². The van der Waals surface area contributed by atoms with E-state index in [0.717, 1.165) is 12.8 Å². The molecular weight excluding hydrogens is 436 g/mol. The van der Waals surface area contributed by atoms with Crippen molar-refractivity contribution in [3.8, 4) is 34.1 Å². The van der Waals surface area contributed by atoms with Crippen molar-refractivity contribution in [2.75, 3.05) is 6.61 Å². The number of rotatable bonds is 8. The van der Waals surface area contributed by atoms with Crippen LogP contribution in [0.25, 0.3) is 28.4 Å². The van der Waals surface area contributed by atoms with Crippen LogP contribution in [0.5, 0.6) is 11.5 Å². The fourth-order valence-corrected chi connectivity index (χ4v) is 3.25. The van der Waals surface area contributed by atoms with Gasteiger partial charge in [-0.05, 0) is 55.2 Å². The number of nitrogens with zero attached hydrogens (tertiary/aromatic N) is 5. The second-order valence-corrected chi connectivity index (χ2v) is 7.51. The number of hydrogen-bond acceptors (Lipinski definition) is 7. The van der Waals surface area contributed by atoms with Crippen LogP contribution in [0.15, 0.2) is 48.8 Å². The van der Waals surface area contributed by atoms with E-state index in [4.69, 9.17) is 9.84 Å². The van der Waals surface area contributed by atoms with Gasteiger partial charge in [-0.25, -0.2) is 14.8 Å². The van der Waals surface area contributed by atoms with Gasteiger partial charge in [0.05, 0.1) is 12.3 Å². The van der Waals surface area contributed by atoms with E-state index >= 15 is 0 Å². The molecule has 1 N–H and O–H groups in total. The second kappa shape index (κ2) is 8.41. The normalized spacial score (nSPS) is 13.4. The van der Waals surface area contributed by atoms with E-state index < -0.39 is 12.6 Å². The van der Waals surface area contributed by atoms with Crippen molar-refractivity contribution < 1.29 is 28.2 Å². The number of alkyl halides is 2. The molecule has 3 heterocycles. The number of halogens is 2. The fourth-order valence-electron chi connectivity index (χ4n) is 3.25. The molecule has 168 valence electrons. The highest BCUT2D eigenvalue weighted by atomic mass is 19.3. The van der Waals surface area contributed by atoms with Crippen molar-refractivity contribution in [3.05, 3.63) is 54.5 Å². The molecule has 3 aromatic heterocycles. The van der Waals surface area contributed by atoms with Gasteiger partial charge < -0.3 is 14.6 Å². The van der Waals surface area contributed by atoms with Crippen molar-refractivity contribution in [1.29, 1.82) is 0 Å². The summed E-state index contributed by atoms with van der Waals surface area (Å²) in [6.45, 7) is -2.53. The molecule has 0 atom stereocenters.